The van der Waals surface area contributed by atoms with E-state index in [1.807, 2.05) is 0 Å². The number of benzene rings is 1. The first kappa shape index (κ1) is 18.6. The van der Waals surface area contributed by atoms with E-state index in [-0.39, 0.29) is 29.8 Å². The summed E-state index contributed by atoms with van der Waals surface area (Å²) in [7, 11) is 0. The monoisotopic (exact) mass is 443 g/mol. The zero-order valence-corrected chi connectivity index (χ0v) is 15.0. The number of nitrogens with two attached hydrogens (primary N) is 1. The second kappa shape index (κ2) is 9.52. The van der Waals surface area contributed by atoms with Crippen LogP contribution in [0.1, 0.15) is 19.4 Å². The van der Waals surface area contributed by atoms with Crippen molar-refractivity contribution in [3.05, 3.63) is 34.1 Å². The number of aliphatic imine (C=N–C) groups is 1. The molecule has 3 N–H and O–H groups in total. The van der Waals surface area contributed by atoms with Crippen LogP contribution in [-0.4, -0.2) is 19.0 Å². The van der Waals surface area contributed by atoms with E-state index in [1.54, 1.807) is 12.1 Å². The number of guanidine groups is 1. The lowest BCUT2D eigenvalue weighted by molar-refractivity contribution is 0.620. The van der Waals surface area contributed by atoms with E-state index >= 15 is 0 Å². The van der Waals surface area contributed by atoms with Gasteiger partial charge in [0, 0.05) is 13.1 Å². The Bertz CT molecular complexity index is 424. The molecule has 0 spiro atoms. The average Bonchev–Trinajstić information content (AvgIpc) is 2.31. The third-order valence-electron chi connectivity index (χ3n) is 2.33. The van der Waals surface area contributed by atoms with Gasteiger partial charge in [-0.1, -0.05) is 19.9 Å². The van der Waals surface area contributed by atoms with E-state index in [9.17, 15) is 4.39 Å². The van der Waals surface area contributed by atoms with Crippen molar-refractivity contribution in [2.24, 2.45) is 16.6 Å². The van der Waals surface area contributed by atoms with Crippen molar-refractivity contribution in [3.8, 4) is 0 Å². The molecule has 0 radical (unpaired) electrons. The average molecular weight is 444 g/mol. The Morgan fingerprint density at radius 2 is 2.16 bits per heavy atom. The maximum Gasteiger partial charge on any atom is 0.188 e. The van der Waals surface area contributed by atoms with E-state index in [4.69, 9.17) is 5.73 Å². The Morgan fingerprint density at radius 1 is 1.47 bits per heavy atom. The Balaban J connectivity index is 0.00000324. The van der Waals surface area contributed by atoms with Crippen molar-refractivity contribution in [1.82, 2.24) is 5.32 Å². The first-order chi connectivity index (χ1) is 8.49. The Morgan fingerprint density at radius 3 is 2.74 bits per heavy atom. The molecule has 0 aromatic heterocycles. The molecule has 0 aliphatic heterocycles. The molecule has 0 amide bonds. The first-order valence-corrected chi connectivity index (χ1v) is 6.76. The molecule has 0 saturated carbocycles. The maximum atomic E-state index is 13.0. The van der Waals surface area contributed by atoms with Gasteiger partial charge in [-0.15, -0.1) is 24.0 Å². The molecule has 0 fully saturated rings. The summed E-state index contributed by atoms with van der Waals surface area (Å²) in [6.45, 7) is 5.59. The van der Waals surface area contributed by atoms with Crippen LogP contribution in [0, 0.1) is 11.7 Å². The molecule has 1 rings (SSSR count). The molecule has 0 atom stereocenters. The minimum atomic E-state index is -0.246. The third kappa shape index (κ3) is 7.71. The Labute approximate surface area is 139 Å². The molecular formula is C13H20BrFIN3. The van der Waals surface area contributed by atoms with Gasteiger partial charge in [0.15, 0.2) is 5.96 Å². The summed E-state index contributed by atoms with van der Waals surface area (Å²) in [5, 5.41) is 3.04. The summed E-state index contributed by atoms with van der Waals surface area (Å²) >= 11 is 3.16. The molecule has 1 aromatic rings. The lowest BCUT2D eigenvalue weighted by atomic mass is 10.1. The molecule has 0 heterocycles. The quantitative estimate of drug-likeness (QED) is 0.416. The van der Waals surface area contributed by atoms with E-state index in [1.165, 1.54) is 6.07 Å². The summed E-state index contributed by atoms with van der Waals surface area (Å²) in [6, 6.07) is 5.00. The molecule has 108 valence electrons. The summed E-state index contributed by atoms with van der Waals surface area (Å²) in [6.07, 6.45) is 0.775. The topological polar surface area (TPSA) is 50.4 Å². The molecule has 6 heteroatoms. The number of rotatable bonds is 5. The van der Waals surface area contributed by atoms with Crippen LogP contribution in [0.3, 0.4) is 0 Å². The number of nitrogens with zero attached hydrogens (tertiary/aromatic N) is 1. The minimum Gasteiger partial charge on any atom is -0.370 e. The van der Waals surface area contributed by atoms with Gasteiger partial charge in [-0.2, -0.15) is 0 Å². The van der Waals surface area contributed by atoms with E-state index in [2.05, 4.69) is 40.1 Å². The molecule has 0 aliphatic carbocycles. The van der Waals surface area contributed by atoms with Crippen LogP contribution in [0.25, 0.3) is 0 Å². The van der Waals surface area contributed by atoms with Gasteiger partial charge in [-0.3, -0.25) is 4.99 Å². The molecule has 1 aromatic carbocycles. The van der Waals surface area contributed by atoms with Gasteiger partial charge in [-0.05, 0) is 46.0 Å². The highest BCUT2D eigenvalue weighted by atomic mass is 127. The van der Waals surface area contributed by atoms with E-state index < -0.39 is 0 Å². The lowest BCUT2D eigenvalue weighted by Gasteiger charge is -2.07. The minimum absolute atomic E-state index is 0. The Hall–Kier alpha value is -0.370. The van der Waals surface area contributed by atoms with Crippen LogP contribution >= 0.6 is 39.9 Å². The third-order valence-corrected chi connectivity index (χ3v) is 2.94. The zero-order chi connectivity index (χ0) is 13.5. The fraction of sp³-hybridized carbons (Fsp3) is 0.462. The van der Waals surface area contributed by atoms with E-state index in [0.29, 0.717) is 22.9 Å². The highest BCUT2D eigenvalue weighted by Crippen LogP contribution is 2.16. The molecular weight excluding hydrogens is 424 g/mol. The molecule has 0 aliphatic rings. The predicted molar refractivity (Wildman–Crippen MR) is 92.5 cm³/mol. The van der Waals surface area contributed by atoms with Crippen molar-refractivity contribution >= 4 is 45.9 Å². The number of nitrogens with one attached hydrogen (secondary N) is 1. The smallest absolute Gasteiger partial charge is 0.188 e. The summed E-state index contributed by atoms with van der Waals surface area (Å²) in [5.41, 5.74) is 6.76. The second-order valence-electron chi connectivity index (χ2n) is 4.55. The molecule has 0 bridgehead atoms. The van der Waals surface area contributed by atoms with Crippen molar-refractivity contribution < 1.29 is 4.39 Å². The standard InChI is InChI=1S/C13H19BrFN3.HI/c1-9(2)8-18-13(16)17-6-5-10-3-4-12(15)11(14)7-10;/h3-4,7,9H,5-6,8H2,1-2H3,(H3,16,17,18);1H. The SMILES string of the molecule is CC(C)CN=C(N)NCCc1ccc(F)c(Br)c1.I. The Kier molecular flexibility index (Phi) is 9.34. The normalized spacial score (nSPS) is 11.3. The highest BCUT2D eigenvalue weighted by molar-refractivity contribution is 14.0. The van der Waals surface area contributed by atoms with Crippen LogP contribution in [0.2, 0.25) is 0 Å². The first-order valence-electron chi connectivity index (χ1n) is 5.96. The van der Waals surface area contributed by atoms with Gasteiger partial charge in [-0.25, -0.2) is 4.39 Å². The molecule has 0 unspecified atom stereocenters. The lowest BCUT2D eigenvalue weighted by Crippen LogP contribution is -2.33. The van der Waals surface area contributed by atoms with Crippen molar-refractivity contribution in [2.45, 2.75) is 20.3 Å². The van der Waals surface area contributed by atoms with Crippen LogP contribution in [0.5, 0.6) is 0 Å². The van der Waals surface area contributed by atoms with Gasteiger partial charge in [0.1, 0.15) is 5.82 Å². The van der Waals surface area contributed by atoms with Crippen LogP contribution in [0.4, 0.5) is 4.39 Å². The van der Waals surface area contributed by atoms with Crippen molar-refractivity contribution in [2.75, 3.05) is 13.1 Å². The fourth-order valence-corrected chi connectivity index (χ4v) is 1.79. The highest BCUT2D eigenvalue weighted by Gasteiger charge is 2.00. The van der Waals surface area contributed by atoms with Gasteiger partial charge in [0.2, 0.25) is 0 Å². The number of halogens is 3. The second-order valence-corrected chi connectivity index (χ2v) is 5.40. The molecule has 0 saturated heterocycles. The number of hydrogen-bond donors (Lipinski definition) is 2. The van der Waals surface area contributed by atoms with Crippen LogP contribution in [0.15, 0.2) is 27.7 Å². The van der Waals surface area contributed by atoms with Crippen molar-refractivity contribution in [3.63, 3.8) is 0 Å². The van der Waals surface area contributed by atoms with Gasteiger partial charge in [0.05, 0.1) is 4.47 Å². The summed E-state index contributed by atoms with van der Waals surface area (Å²) < 4.78 is 13.5. The fourth-order valence-electron chi connectivity index (χ4n) is 1.37. The van der Waals surface area contributed by atoms with Crippen LogP contribution < -0.4 is 11.1 Å². The summed E-state index contributed by atoms with van der Waals surface area (Å²) in [5.74, 6) is 0.716. The zero-order valence-electron chi connectivity index (χ0n) is 11.1. The maximum absolute atomic E-state index is 13.0. The van der Waals surface area contributed by atoms with Gasteiger partial charge in [0.25, 0.3) is 0 Å². The predicted octanol–water partition coefficient (Wildman–Crippen LogP) is 3.31. The van der Waals surface area contributed by atoms with Crippen LogP contribution in [-0.2, 0) is 6.42 Å². The van der Waals surface area contributed by atoms with Crippen molar-refractivity contribution in [1.29, 1.82) is 0 Å². The van der Waals surface area contributed by atoms with E-state index in [0.717, 1.165) is 18.5 Å². The largest absolute Gasteiger partial charge is 0.370 e. The van der Waals surface area contributed by atoms with Gasteiger partial charge < -0.3 is 11.1 Å². The summed E-state index contributed by atoms with van der Waals surface area (Å²) in [4.78, 5) is 4.20. The van der Waals surface area contributed by atoms with Gasteiger partial charge >= 0.3 is 0 Å². The molecule has 3 nitrogen and oxygen atoms in total. The number of hydrogen-bond acceptors (Lipinski definition) is 1. The molecule has 19 heavy (non-hydrogen) atoms.